The number of carbonyl (C=O) groups excluding carboxylic acids is 1. The Kier molecular flexibility index (Phi) is 5.97. The molecule has 1 aromatic heterocycles. The molecule has 0 spiro atoms. The molecule has 1 amide bonds. The number of aryl methyl sites for hydroxylation is 3. The summed E-state index contributed by atoms with van der Waals surface area (Å²) in [4.78, 5) is 24.6. The lowest BCUT2D eigenvalue weighted by atomic mass is 9.89. The van der Waals surface area contributed by atoms with Crippen LogP contribution in [-0.4, -0.2) is 10.5 Å². The maximum atomic E-state index is 14.2. The number of halogens is 1. The van der Waals surface area contributed by atoms with Crippen molar-refractivity contribution in [3.63, 3.8) is 0 Å². The van der Waals surface area contributed by atoms with Gasteiger partial charge in [0.25, 0.3) is 5.56 Å². The molecule has 0 saturated carbocycles. The Hall–Kier alpha value is -3.99. The lowest BCUT2D eigenvalue weighted by Gasteiger charge is -2.17. The van der Waals surface area contributed by atoms with E-state index in [1.165, 1.54) is 45.5 Å². The van der Waals surface area contributed by atoms with Gasteiger partial charge in [-0.3, -0.25) is 9.59 Å². The monoisotopic (exact) mass is 440 g/mol. The second-order valence-corrected chi connectivity index (χ2v) is 8.26. The van der Waals surface area contributed by atoms with E-state index < -0.39 is 5.82 Å². The number of aromatic nitrogens is 1. The molecule has 0 saturated heterocycles. The number of pyridine rings is 1. The van der Waals surface area contributed by atoms with Crippen LogP contribution in [0.5, 0.6) is 0 Å². The fraction of sp³-hybridized carbons (Fsp3) is 0.143. The van der Waals surface area contributed by atoms with E-state index in [1.54, 1.807) is 13.2 Å². The predicted molar refractivity (Wildman–Crippen MR) is 132 cm³/mol. The highest BCUT2D eigenvalue weighted by Gasteiger charge is 2.16. The summed E-state index contributed by atoms with van der Waals surface area (Å²) in [6.45, 7) is 7.67. The third kappa shape index (κ3) is 4.35. The third-order valence-electron chi connectivity index (χ3n) is 6.01. The molecule has 1 heterocycles. The first kappa shape index (κ1) is 22.2. The van der Waals surface area contributed by atoms with E-state index >= 15 is 0 Å². The number of fused-ring (bicyclic) bond motifs is 1. The molecule has 5 heteroatoms. The van der Waals surface area contributed by atoms with Crippen LogP contribution in [0.3, 0.4) is 0 Å². The van der Waals surface area contributed by atoms with Crippen LogP contribution in [-0.2, 0) is 18.3 Å². The summed E-state index contributed by atoms with van der Waals surface area (Å²) in [5, 5.41) is 3.78. The second-order valence-electron chi connectivity index (χ2n) is 8.26. The summed E-state index contributed by atoms with van der Waals surface area (Å²) < 4.78 is 15.7. The van der Waals surface area contributed by atoms with Gasteiger partial charge in [-0.25, -0.2) is 4.39 Å². The third-order valence-corrected chi connectivity index (χ3v) is 6.01. The number of carbonyl (C=O) groups is 1. The zero-order valence-corrected chi connectivity index (χ0v) is 18.9. The molecule has 0 radical (unpaired) electrons. The normalized spacial score (nSPS) is 10.9. The number of anilines is 1. The SMILES string of the molecule is C=CC(=O)Nc1ccc(Cc2c(C)cccc2C)c(-c2cn(C)c(=O)c3ccc(F)cc23)c1. The fourth-order valence-corrected chi connectivity index (χ4v) is 4.22. The van der Waals surface area contributed by atoms with E-state index in [-0.39, 0.29) is 11.5 Å². The van der Waals surface area contributed by atoms with Gasteiger partial charge < -0.3 is 9.88 Å². The average molecular weight is 441 g/mol. The summed E-state index contributed by atoms with van der Waals surface area (Å²) in [6.07, 6.45) is 3.59. The molecule has 4 aromatic rings. The maximum Gasteiger partial charge on any atom is 0.258 e. The molecular weight excluding hydrogens is 415 g/mol. The molecule has 0 atom stereocenters. The first-order chi connectivity index (χ1) is 15.8. The number of amides is 1. The van der Waals surface area contributed by atoms with Gasteiger partial charge in [0.15, 0.2) is 0 Å². The van der Waals surface area contributed by atoms with Crippen molar-refractivity contribution in [1.29, 1.82) is 0 Å². The summed E-state index contributed by atoms with van der Waals surface area (Å²) in [5.41, 5.74) is 6.53. The van der Waals surface area contributed by atoms with Gasteiger partial charge in [-0.2, -0.15) is 0 Å². The van der Waals surface area contributed by atoms with Crippen molar-refractivity contribution in [1.82, 2.24) is 4.57 Å². The molecule has 0 aliphatic heterocycles. The molecule has 4 nitrogen and oxygen atoms in total. The van der Waals surface area contributed by atoms with Crippen molar-refractivity contribution in [2.75, 3.05) is 5.32 Å². The van der Waals surface area contributed by atoms with Gasteiger partial charge in [0.05, 0.1) is 0 Å². The van der Waals surface area contributed by atoms with Gasteiger partial charge in [0, 0.05) is 29.9 Å². The second kappa shape index (κ2) is 8.87. The lowest BCUT2D eigenvalue weighted by molar-refractivity contribution is -0.111. The van der Waals surface area contributed by atoms with Crippen molar-refractivity contribution >= 4 is 22.4 Å². The number of benzene rings is 3. The van der Waals surface area contributed by atoms with E-state index in [4.69, 9.17) is 0 Å². The molecule has 3 aromatic carbocycles. The van der Waals surface area contributed by atoms with Crippen molar-refractivity contribution in [3.05, 3.63) is 112 Å². The predicted octanol–water partition coefficient (Wildman–Crippen LogP) is 5.68. The molecule has 4 rings (SSSR count). The highest BCUT2D eigenvalue weighted by atomic mass is 19.1. The Morgan fingerprint density at radius 3 is 2.45 bits per heavy atom. The summed E-state index contributed by atoms with van der Waals surface area (Å²) in [6, 6.07) is 16.1. The van der Waals surface area contributed by atoms with Crippen molar-refractivity contribution in [2.45, 2.75) is 20.3 Å². The molecule has 0 aliphatic rings. The molecule has 0 bridgehead atoms. The highest BCUT2D eigenvalue weighted by Crippen LogP contribution is 2.34. The first-order valence-corrected chi connectivity index (χ1v) is 10.7. The minimum Gasteiger partial charge on any atom is -0.323 e. The van der Waals surface area contributed by atoms with E-state index in [2.05, 4.69) is 37.9 Å². The van der Waals surface area contributed by atoms with E-state index in [1.807, 2.05) is 24.3 Å². The molecule has 1 N–H and O–H groups in total. The molecular formula is C28H25FN2O2. The number of nitrogens with zero attached hydrogens (tertiary/aromatic N) is 1. The molecule has 0 fully saturated rings. The van der Waals surface area contributed by atoms with Crippen molar-refractivity contribution in [2.24, 2.45) is 7.05 Å². The number of hydrogen-bond acceptors (Lipinski definition) is 2. The van der Waals surface area contributed by atoms with Gasteiger partial charge in [0.1, 0.15) is 5.82 Å². The van der Waals surface area contributed by atoms with Crippen LogP contribution in [0.25, 0.3) is 21.9 Å². The zero-order valence-electron chi connectivity index (χ0n) is 18.9. The van der Waals surface area contributed by atoms with Crippen LogP contribution in [0.1, 0.15) is 22.3 Å². The molecule has 33 heavy (non-hydrogen) atoms. The standard InChI is InChI=1S/C28H25FN2O2/c1-5-27(32)30-21-11-9-19(13-23-17(2)7-6-8-18(23)3)24(15-21)26-16-31(4)28(33)22-12-10-20(29)14-25(22)26/h5-12,14-16H,1,13H2,2-4H3,(H,30,32). The summed E-state index contributed by atoms with van der Waals surface area (Å²) in [7, 11) is 1.68. The van der Waals surface area contributed by atoms with Crippen LogP contribution in [0.4, 0.5) is 10.1 Å². The Labute approximate surface area is 192 Å². The van der Waals surface area contributed by atoms with Crippen LogP contribution in [0, 0.1) is 19.7 Å². The van der Waals surface area contributed by atoms with Crippen LogP contribution in [0.15, 0.2) is 78.2 Å². The number of rotatable bonds is 5. The van der Waals surface area contributed by atoms with Gasteiger partial charge in [-0.05, 0) is 89.9 Å². The van der Waals surface area contributed by atoms with E-state index in [9.17, 15) is 14.0 Å². The molecule has 166 valence electrons. The van der Waals surface area contributed by atoms with Crippen LogP contribution >= 0.6 is 0 Å². The molecule has 0 aliphatic carbocycles. The number of hydrogen-bond donors (Lipinski definition) is 1. The Morgan fingerprint density at radius 1 is 1.03 bits per heavy atom. The lowest BCUT2D eigenvalue weighted by Crippen LogP contribution is -2.17. The zero-order chi connectivity index (χ0) is 23.7. The largest absolute Gasteiger partial charge is 0.323 e. The van der Waals surface area contributed by atoms with Gasteiger partial charge in [-0.15, -0.1) is 0 Å². The average Bonchev–Trinajstić information content (AvgIpc) is 2.79. The quantitative estimate of drug-likeness (QED) is 0.406. The van der Waals surface area contributed by atoms with Crippen molar-refractivity contribution < 1.29 is 9.18 Å². The summed E-state index contributed by atoms with van der Waals surface area (Å²) in [5.74, 6) is -0.732. The highest BCUT2D eigenvalue weighted by molar-refractivity contribution is 6.01. The smallest absolute Gasteiger partial charge is 0.258 e. The Balaban J connectivity index is 1.99. The van der Waals surface area contributed by atoms with Crippen LogP contribution in [0.2, 0.25) is 0 Å². The fourth-order valence-electron chi connectivity index (χ4n) is 4.22. The van der Waals surface area contributed by atoms with Crippen molar-refractivity contribution in [3.8, 4) is 11.1 Å². The number of nitrogens with one attached hydrogen (secondary N) is 1. The summed E-state index contributed by atoms with van der Waals surface area (Å²) >= 11 is 0. The minimum atomic E-state index is -0.413. The van der Waals surface area contributed by atoms with E-state index in [0.29, 0.717) is 22.9 Å². The Bertz CT molecular complexity index is 1450. The van der Waals surface area contributed by atoms with E-state index in [0.717, 1.165) is 16.7 Å². The molecule has 0 unspecified atom stereocenters. The topological polar surface area (TPSA) is 51.1 Å². The van der Waals surface area contributed by atoms with Gasteiger partial charge in [-0.1, -0.05) is 30.8 Å². The van der Waals surface area contributed by atoms with Gasteiger partial charge >= 0.3 is 0 Å². The first-order valence-electron chi connectivity index (χ1n) is 10.7. The van der Waals surface area contributed by atoms with Crippen LogP contribution < -0.4 is 10.9 Å². The van der Waals surface area contributed by atoms with Gasteiger partial charge in [0.2, 0.25) is 5.91 Å². The Morgan fingerprint density at radius 2 is 1.76 bits per heavy atom. The minimum absolute atomic E-state index is 0.193. The maximum absolute atomic E-state index is 14.2.